The van der Waals surface area contributed by atoms with E-state index in [1.54, 1.807) is 18.2 Å². The summed E-state index contributed by atoms with van der Waals surface area (Å²) in [5.74, 6) is 0.318. The van der Waals surface area contributed by atoms with Crippen molar-refractivity contribution in [1.29, 1.82) is 0 Å². The van der Waals surface area contributed by atoms with Gasteiger partial charge in [0.25, 0.3) is 10.0 Å². The lowest BCUT2D eigenvalue weighted by Gasteiger charge is -2.22. The van der Waals surface area contributed by atoms with E-state index < -0.39 is 10.0 Å². The summed E-state index contributed by atoms with van der Waals surface area (Å²) in [6.45, 7) is 5.89. The topological polar surface area (TPSA) is 66.5 Å². The van der Waals surface area contributed by atoms with Crippen LogP contribution >= 0.6 is 0 Å². The number of hydrogen-bond donors (Lipinski definition) is 1. The number of benzene rings is 2. The molecule has 1 aliphatic heterocycles. The fraction of sp³-hybridized carbons (Fsp3) is 0.381. The number of carbonyl (C=O) groups is 1. The number of amides is 1. The molecule has 1 saturated carbocycles. The first-order valence-corrected chi connectivity index (χ1v) is 10.8. The van der Waals surface area contributed by atoms with Gasteiger partial charge in [-0.1, -0.05) is 6.07 Å². The van der Waals surface area contributed by atoms with Gasteiger partial charge in [0.1, 0.15) is 0 Å². The lowest BCUT2D eigenvalue weighted by molar-refractivity contribution is -0.120. The third-order valence-corrected chi connectivity index (χ3v) is 6.59. The second-order valence-electron chi connectivity index (χ2n) is 7.81. The van der Waals surface area contributed by atoms with Gasteiger partial charge in [-0.25, -0.2) is 8.42 Å². The van der Waals surface area contributed by atoms with Gasteiger partial charge < -0.3 is 4.90 Å². The van der Waals surface area contributed by atoms with E-state index in [1.807, 2.05) is 43.9 Å². The van der Waals surface area contributed by atoms with E-state index in [4.69, 9.17) is 0 Å². The minimum atomic E-state index is -3.68. The molecule has 2 aromatic rings. The van der Waals surface area contributed by atoms with Crippen molar-refractivity contribution >= 4 is 27.3 Å². The van der Waals surface area contributed by atoms with Crippen LogP contribution < -0.4 is 9.62 Å². The van der Waals surface area contributed by atoms with E-state index in [0.29, 0.717) is 12.1 Å². The van der Waals surface area contributed by atoms with E-state index >= 15 is 0 Å². The first kappa shape index (κ1) is 18.0. The molecule has 142 valence electrons. The Bertz CT molecular complexity index is 1010. The van der Waals surface area contributed by atoms with Gasteiger partial charge in [0.2, 0.25) is 5.91 Å². The molecule has 0 unspecified atom stereocenters. The Balaban J connectivity index is 1.63. The zero-order valence-corrected chi connectivity index (χ0v) is 16.6. The Morgan fingerprint density at radius 1 is 1.07 bits per heavy atom. The van der Waals surface area contributed by atoms with Crippen LogP contribution in [-0.4, -0.2) is 20.4 Å². The molecule has 1 fully saturated rings. The fourth-order valence-electron chi connectivity index (χ4n) is 3.89. The first-order valence-electron chi connectivity index (χ1n) is 9.32. The number of fused-ring (bicyclic) bond motifs is 1. The Morgan fingerprint density at radius 2 is 1.74 bits per heavy atom. The van der Waals surface area contributed by atoms with Crippen molar-refractivity contribution in [2.45, 2.75) is 51.0 Å². The predicted octanol–water partition coefficient (Wildman–Crippen LogP) is 3.79. The van der Waals surface area contributed by atoms with Gasteiger partial charge in [-0.05, 0) is 87.1 Å². The summed E-state index contributed by atoms with van der Waals surface area (Å²) >= 11 is 0. The quantitative estimate of drug-likeness (QED) is 0.872. The van der Waals surface area contributed by atoms with Crippen molar-refractivity contribution in [3.8, 4) is 0 Å². The van der Waals surface area contributed by atoms with Crippen LogP contribution in [0.25, 0.3) is 0 Å². The van der Waals surface area contributed by atoms with Gasteiger partial charge in [0.15, 0.2) is 0 Å². The smallest absolute Gasteiger partial charge is 0.261 e. The highest BCUT2D eigenvalue weighted by molar-refractivity contribution is 7.92. The average molecular weight is 385 g/mol. The van der Waals surface area contributed by atoms with Gasteiger partial charge in [-0.15, -0.1) is 0 Å². The third kappa shape index (κ3) is 3.46. The number of carbonyl (C=O) groups excluding carboxylic acids is 1. The van der Waals surface area contributed by atoms with Crippen LogP contribution in [0.2, 0.25) is 0 Å². The second-order valence-corrected chi connectivity index (χ2v) is 9.49. The zero-order chi connectivity index (χ0) is 19.3. The summed E-state index contributed by atoms with van der Waals surface area (Å²) in [5, 5.41) is 0. The number of rotatable bonds is 4. The number of sulfonamides is 1. The van der Waals surface area contributed by atoms with E-state index in [2.05, 4.69) is 4.72 Å². The molecule has 1 amide bonds. The molecule has 2 aromatic carbocycles. The molecule has 0 aromatic heterocycles. The third-order valence-electron chi connectivity index (χ3n) is 5.21. The Labute approximate surface area is 160 Å². The minimum Gasteiger partial charge on any atom is -0.309 e. The number of hydrogen-bond acceptors (Lipinski definition) is 3. The highest BCUT2D eigenvalue weighted by Gasteiger charge is 2.39. The van der Waals surface area contributed by atoms with Crippen LogP contribution in [0.15, 0.2) is 41.3 Å². The van der Waals surface area contributed by atoms with Gasteiger partial charge in [0, 0.05) is 23.3 Å². The van der Waals surface area contributed by atoms with E-state index in [9.17, 15) is 13.2 Å². The molecule has 6 heteroatoms. The molecule has 0 bridgehead atoms. The molecule has 1 N–H and O–H groups in total. The largest absolute Gasteiger partial charge is 0.309 e. The molecular weight excluding hydrogens is 360 g/mol. The number of nitrogens with zero attached hydrogens (tertiary/aromatic N) is 1. The maximum absolute atomic E-state index is 12.8. The summed E-state index contributed by atoms with van der Waals surface area (Å²) in [6, 6.07) is 10.8. The summed E-state index contributed by atoms with van der Waals surface area (Å²) in [6.07, 6.45) is 2.61. The molecule has 0 radical (unpaired) electrons. The Kier molecular flexibility index (Phi) is 4.26. The molecule has 5 nitrogen and oxygen atoms in total. The van der Waals surface area contributed by atoms with Crippen molar-refractivity contribution < 1.29 is 13.2 Å². The van der Waals surface area contributed by atoms with Gasteiger partial charge in [-0.2, -0.15) is 0 Å². The normalized spacial score (nSPS) is 19.1. The first-order chi connectivity index (χ1) is 12.7. The minimum absolute atomic E-state index is 0.0680. The SMILES string of the molecule is Cc1cc(C)cc(NS(=O)(=O)c2ccc3c(c2)C[C@@H](C)N3C(=O)C2CC2)c1. The van der Waals surface area contributed by atoms with E-state index in [1.165, 1.54) is 0 Å². The van der Waals surface area contributed by atoms with Crippen LogP contribution in [0.3, 0.4) is 0 Å². The molecule has 2 aliphatic rings. The highest BCUT2D eigenvalue weighted by Crippen LogP contribution is 2.39. The van der Waals surface area contributed by atoms with E-state index in [0.717, 1.165) is 35.2 Å². The van der Waals surface area contributed by atoms with Crippen molar-refractivity contribution in [3.63, 3.8) is 0 Å². The predicted molar refractivity (Wildman–Crippen MR) is 107 cm³/mol. The molecule has 4 rings (SSSR count). The lowest BCUT2D eigenvalue weighted by atomic mass is 10.1. The standard InChI is InChI=1S/C21H24N2O3S/c1-13-8-14(2)10-18(9-13)22-27(25,26)19-6-7-20-17(12-19)11-15(3)23(20)21(24)16-4-5-16/h6-10,12,15-16,22H,4-5,11H2,1-3H3/t15-/m1/s1. The van der Waals surface area contributed by atoms with Crippen LogP contribution in [-0.2, 0) is 21.2 Å². The molecular formula is C21H24N2O3S. The fourth-order valence-corrected chi connectivity index (χ4v) is 4.98. The van der Waals surface area contributed by atoms with E-state index in [-0.39, 0.29) is 22.8 Å². The van der Waals surface area contributed by atoms with Gasteiger partial charge >= 0.3 is 0 Å². The van der Waals surface area contributed by atoms with Crippen LogP contribution in [0, 0.1) is 19.8 Å². The summed E-state index contributed by atoms with van der Waals surface area (Å²) in [4.78, 5) is 14.6. The summed E-state index contributed by atoms with van der Waals surface area (Å²) in [5.41, 5.74) is 4.34. The average Bonchev–Trinajstić information content (AvgIpc) is 3.35. The molecule has 1 aliphatic carbocycles. The monoisotopic (exact) mass is 384 g/mol. The number of nitrogens with one attached hydrogen (secondary N) is 1. The maximum atomic E-state index is 12.8. The molecule has 1 heterocycles. The van der Waals surface area contributed by atoms with Crippen molar-refractivity contribution in [2.24, 2.45) is 5.92 Å². The number of aryl methyl sites for hydroxylation is 2. The molecule has 0 saturated heterocycles. The van der Waals surface area contributed by atoms with Crippen molar-refractivity contribution in [3.05, 3.63) is 53.1 Å². The van der Waals surface area contributed by atoms with Crippen molar-refractivity contribution in [1.82, 2.24) is 0 Å². The summed E-state index contributed by atoms with van der Waals surface area (Å²) < 4.78 is 28.4. The second kappa shape index (κ2) is 6.37. The van der Waals surface area contributed by atoms with Crippen LogP contribution in [0.1, 0.15) is 36.5 Å². The molecule has 27 heavy (non-hydrogen) atoms. The maximum Gasteiger partial charge on any atom is 0.261 e. The Morgan fingerprint density at radius 3 is 2.37 bits per heavy atom. The Hall–Kier alpha value is -2.34. The summed E-state index contributed by atoms with van der Waals surface area (Å²) in [7, 11) is -3.68. The van der Waals surface area contributed by atoms with Crippen LogP contribution in [0.4, 0.5) is 11.4 Å². The van der Waals surface area contributed by atoms with Gasteiger partial charge in [0.05, 0.1) is 4.90 Å². The van der Waals surface area contributed by atoms with Crippen molar-refractivity contribution in [2.75, 3.05) is 9.62 Å². The van der Waals surface area contributed by atoms with Crippen LogP contribution in [0.5, 0.6) is 0 Å². The molecule has 1 atom stereocenters. The zero-order valence-electron chi connectivity index (χ0n) is 15.8. The number of anilines is 2. The molecule has 0 spiro atoms. The van der Waals surface area contributed by atoms with Gasteiger partial charge in [-0.3, -0.25) is 9.52 Å². The highest BCUT2D eigenvalue weighted by atomic mass is 32.2. The lowest BCUT2D eigenvalue weighted by Crippen LogP contribution is -2.36.